The number of aliphatic carboxylic acids is 1. The number of nitrogens with zero attached hydrogens (tertiary/aromatic N) is 3. The van der Waals surface area contributed by atoms with Gasteiger partial charge in [-0.3, -0.25) is 9.48 Å². The van der Waals surface area contributed by atoms with Crippen LogP contribution in [0.2, 0.25) is 0 Å². The Bertz CT molecular complexity index is 949. The highest BCUT2D eigenvalue weighted by molar-refractivity contribution is 5.70. The van der Waals surface area contributed by atoms with Gasteiger partial charge in [0.25, 0.3) is 0 Å². The molecule has 32 heavy (non-hydrogen) atoms. The molecule has 1 aromatic heterocycles. The molecule has 2 fully saturated rings. The van der Waals surface area contributed by atoms with Crippen molar-refractivity contribution in [2.75, 3.05) is 7.05 Å². The Balaban J connectivity index is 1.38. The van der Waals surface area contributed by atoms with Crippen molar-refractivity contribution in [3.8, 4) is 16.9 Å². The molecule has 0 bridgehead atoms. The summed E-state index contributed by atoms with van der Waals surface area (Å²) in [4.78, 5) is 25.3. The van der Waals surface area contributed by atoms with Gasteiger partial charge in [-0.25, -0.2) is 4.79 Å². The first-order valence-electron chi connectivity index (χ1n) is 11.3. The monoisotopic (exact) mass is 441 g/mol. The number of carboxylic acids is 1. The van der Waals surface area contributed by atoms with Gasteiger partial charge in [0, 0.05) is 25.7 Å². The zero-order valence-corrected chi connectivity index (χ0v) is 18.7. The average molecular weight is 442 g/mol. The summed E-state index contributed by atoms with van der Waals surface area (Å²) in [5, 5.41) is 13.5. The molecule has 2 aliphatic rings. The Kier molecular flexibility index (Phi) is 6.67. The Labute approximate surface area is 188 Å². The number of amides is 1. The molecule has 0 saturated heterocycles. The van der Waals surface area contributed by atoms with Crippen LogP contribution in [-0.4, -0.2) is 51.0 Å². The highest BCUT2D eigenvalue weighted by atomic mass is 16.6. The molecule has 0 aliphatic heterocycles. The van der Waals surface area contributed by atoms with E-state index in [0.29, 0.717) is 12.8 Å². The maximum atomic E-state index is 12.5. The first kappa shape index (κ1) is 22.2. The van der Waals surface area contributed by atoms with Gasteiger partial charge in [0.05, 0.1) is 23.9 Å². The van der Waals surface area contributed by atoms with Crippen molar-refractivity contribution in [1.29, 1.82) is 0 Å². The van der Waals surface area contributed by atoms with Gasteiger partial charge >= 0.3 is 12.1 Å². The van der Waals surface area contributed by atoms with Crippen LogP contribution in [0.25, 0.3) is 11.1 Å². The minimum absolute atomic E-state index is 0.0628. The molecule has 2 saturated carbocycles. The van der Waals surface area contributed by atoms with Crippen molar-refractivity contribution in [3.05, 3.63) is 36.2 Å². The number of rotatable bonds is 7. The first-order chi connectivity index (χ1) is 15.4. The SMILES string of the molecule is CN(C(=O)OCc1c(-c2ccc(OC3CC[C@@H](C(=O)O)C3)cc2)cnn1C)C1CCCC1. The summed E-state index contributed by atoms with van der Waals surface area (Å²) in [6.07, 6.45) is 7.76. The largest absolute Gasteiger partial charge is 0.490 e. The lowest BCUT2D eigenvalue weighted by Crippen LogP contribution is -2.35. The standard InChI is InChI=1S/C24H31N3O5/c1-26(18-5-3-4-6-18)24(30)31-15-22-21(14-25-27(22)2)16-7-10-19(11-8-16)32-20-12-9-17(13-20)23(28)29/h7-8,10-11,14,17-18,20H,3-6,9,12-13,15H2,1-2H3,(H,28,29)/t17-,20?/m1/s1. The van der Waals surface area contributed by atoms with Crippen molar-refractivity contribution in [1.82, 2.24) is 14.7 Å². The summed E-state index contributed by atoms with van der Waals surface area (Å²) < 4.78 is 13.3. The maximum absolute atomic E-state index is 12.5. The highest BCUT2D eigenvalue weighted by Gasteiger charge is 2.31. The molecule has 172 valence electrons. The van der Waals surface area contributed by atoms with E-state index in [4.69, 9.17) is 14.6 Å². The maximum Gasteiger partial charge on any atom is 0.410 e. The summed E-state index contributed by atoms with van der Waals surface area (Å²) in [5.41, 5.74) is 2.68. The van der Waals surface area contributed by atoms with E-state index in [0.717, 1.165) is 54.7 Å². The predicted octanol–water partition coefficient (Wildman–Crippen LogP) is 4.23. The summed E-state index contributed by atoms with van der Waals surface area (Å²) in [6.45, 7) is 0.151. The molecule has 1 aromatic carbocycles. The number of ether oxygens (including phenoxy) is 2. The lowest BCUT2D eigenvalue weighted by Gasteiger charge is -2.23. The smallest absolute Gasteiger partial charge is 0.410 e. The number of aryl methyl sites for hydroxylation is 1. The fraction of sp³-hybridized carbons (Fsp3) is 0.542. The van der Waals surface area contributed by atoms with Crippen molar-refractivity contribution < 1.29 is 24.2 Å². The van der Waals surface area contributed by atoms with Crippen molar-refractivity contribution >= 4 is 12.1 Å². The minimum Gasteiger partial charge on any atom is -0.490 e. The van der Waals surface area contributed by atoms with Gasteiger partial charge in [-0.05, 0) is 49.8 Å². The third-order valence-electron chi connectivity index (χ3n) is 6.76. The van der Waals surface area contributed by atoms with Crippen LogP contribution >= 0.6 is 0 Å². The quantitative estimate of drug-likeness (QED) is 0.691. The molecular formula is C24H31N3O5. The average Bonchev–Trinajstić information content (AvgIpc) is 3.54. The highest BCUT2D eigenvalue weighted by Crippen LogP contribution is 2.31. The molecule has 1 amide bonds. The van der Waals surface area contributed by atoms with E-state index in [-0.39, 0.29) is 30.8 Å². The predicted molar refractivity (Wildman–Crippen MR) is 118 cm³/mol. The normalized spacial score (nSPS) is 20.9. The van der Waals surface area contributed by atoms with E-state index in [9.17, 15) is 9.59 Å². The lowest BCUT2D eigenvalue weighted by molar-refractivity contribution is -0.141. The van der Waals surface area contributed by atoms with Gasteiger partial charge in [0.15, 0.2) is 0 Å². The van der Waals surface area contributed by atoms with Crippen LogP contribution in [0.15, 0.2) is 30.5 Å². The topological polar surface area (TPSA) is 93.9 Å². The summed E-state index contributed by atoms with van der Waals surface area (Å²) in [6, 6.07) is 7.95. The number of carbonyl (C=O) groups excluding carboxylic acids is 1. The third kappa shape index (κ3) is 4.89. The van der Waals surface area contributed by atoms with Crippen LogP contribution in [0.1, 0.15) is 50.6 Å². The van der Waals surface area contributed by atoms with E-state index in [1.165, 1.54) is 0 Å². The van der Waals surface area contributed by atoms with Gasteiger partial charge < -0.3 is 19.5 Å². The van der Waals surface area contributed by atoms with Gasteiger partial charge in [-0.15, -0.1) is 0 Å². The number of aromatic nitrogens is 2. The molecule has 4 rings (SSSR count). The molecule has 2 atom stereocenters. The molecule has 2 aromatic rings. The van der Waals surface area contributed by atoms with Crippen LogP contribution in [-0.2, 0) is 23.2 Å². The Morgan fingerprint density at radius 1 is 1.16 bits per heavy atom. The van der Waals surface area contributed by atoms with E-state index in [1.54, 1.807) is 15.8 Å². The zero-order chi connectivity index (χ0) is 22.7. The van der Waals surface area contributed by atoms with Crippen LogP contribution < -0.4 is 4.74 Å². The third-order valence-corrected chi connectivity index (χ3v) is 6.76. The summed E-state index contributed by atoms with van der Waals surface area (Å²) >= 11 is 0. The second-order valence-corrected chi connectivity index (χ2v) is 8.84. The van der Waals surface area contributed by atoms with E-state index >= 15 is 0 Å². The number of hydrogen-bond acceptors (Lipinski definition) is 5. The number of benzene rings is 1. The minimum atomic E-state index is -0.745. The number of carboxylic acid groups (broad SMARTS) is 1. The first-order valence-corrected chi connectivity index (χ1v) is 11.3. The van der Waals surface area contributed by atoms with Crippen molar-refractivity contribution in [3.63, 3.8) is 0 Å². The van der Waals surface area contributed by atoms with Crippen LogP contribution in [0.4, 0.5) is 4.79 Å². The van der Waals surface area contributed by atoms with E-state index in [1.807, 2.05) is 38.4 Å². The molecule has 8 heteroatoms. The van der Waals surface area contributed by atoms with E-state index < -0.39 is 5.97 Å². The molecule has 2 aliphatic carbocycles. The zero-order valence-electron chi connectivity index (χ0n) is 18.7. The van der Waals surface area contributed by atoms with E-state index in [2.05, 4.69) is 5.10 Å². The van der Waals surface area contributed by atoms with Gasteiger partial charge in [-0.2, -0.15) is 5.10 Å². The number of carbonyl (C=O) groups is 2. The van der Waals surface area contributed by atoms with Crippen LogP contribution in [0.5, 0.6) is 5.75 Å². The second kappa shape index (κ2) is 9.63. The molecular weight excluding hydrogens is 410 g/mol. The molecule has 1 unspecified atom stereocenters. The van der Waals surface area contributed by atoms with Gasteiger partial charge in [0.1, 0.15) is 12.4 Å². The second-order valence-electron chi connectivity index (χ2n) is 8.84. The fourth-order valence-corrected chi connectivity index (χ4v) is 4.72. The number of hydrogen-bond donors (Lipinski definition) is 1. The molecule has 0 spiro atoms. The fourth-order valence-electron chi connectivity index (χ4n) is 4.72. The molecule has 1 N–H and O–H groups in total. The summed E-state index contributed by atoms with van der Waals surface area (Å²) in [7, 11) is 3.65. The van der Waals surface area contributed by atoms with Crippen LogP contribution in [0, 0.1) is 5.92 Å². The van der Waals surface area contributed by atoms with Crippen molar-refractivity contribution in [2.45, 2.75) is 63.7 Å². The molecule has 8 nitrogen and oxygen atoms in total. The van der Waals surface area contributed by atoms with Crippen LogP contribution in [0.3, 0.4) is 0 Å². The molecule has 1 heterocycles. The Hall–Kier alpha value is -3.03. The van der Waals surface area contributed by atoms with Gasteiger partial charge in [-0.1, -0.05) is 25.0 Å². The summed E-state index contributed by atoms with van der Waals surface area (Å²) in [5.74, 6) is -0.335. The van der Waals surface area contributed by atoms with Gasteiger partial charge in [0.2, 0.25) is 0 Å². The Morgan fingerprint density at radius 2 is 1.88 bits per heavy atom. The molecule has 0 radical (unpaired) electrons. The Morgan fingerprint density at radius 3 is 2.53 bits per heavy atom. The van der Waals surface area contributed by atoms with Crippen molar-refractivity contribution in [2.24, 2.45) is 13.0 Å². The lowest BCUT2D eigenvalue weighted by atomic mass is 10.1.